The molecule has 0 aliphatic carbocycles. The molecule has 1 fully saturated rings. The molecule has 1 aliphatic rings. The number of aromatic nitrogens is 2. The molecular formula is C10H18N4O2. The van der Waals surface area contributed by atoms with Crippen molar-refractivity contribution in [3.05, 3.63) is 11.7 Å². The molecule has 0 radical (unpaired) electrons. The lowest BCUT2D eigenvalue weighted by Gasteiger charge is -2.14. The zero-order valence-electron chi connectivity index (χ0n) is 9.73. The Morgan fingerprint density at radius 2 is 2.38 bits per heavy atom. The van der Waals surface area contributed by atoms with Crippen molar-refractivity contribution in [2.75, 3.05) is 33.7 Å². The van der Waals surface area contributed by atoms with Gasteiger partial charge in [0.2, 0.25) is 0 Å². The maximum Gasteiger partial charge on any atom is 0.259 e. The minimum absolute atomic E-state index is 0.339. The Hall–Kier alpha value is -0.980. The minimum Gasteiger partial charge on any atom is -0.379 e. The van der Waals surface area contributed by atoms with Crippen LogP contribution in [0.5, 0.6) is 0 Å². The molecule has 6 nitrogen and oxygen atoms in total. The lowest BCUT2D eigenvalue weighted by molar-refractivity contribution is 0.0243. The van der Waals surface area contributed by atoms with Crippen LogP contribution in [-0.2, 0) is 12.0 Å². The topological polar surface area (TPSA) is 74.4 Å². The molecule has 1 aromatic rings. The van der Waals surface area contributed by atoms with E-state index in [9.17, 15) is 5.11 Å². The summed E-state index contributed by atoms with van der Waals surface area (Å²) in [4.78, 5) is 6.30. The molecule has 1 aliphatic heterocycles. The van der Waals surface area contributed by atoms with Crippen molar-refractivity contribution in [2.24, 2.45) is 0 Å². The SMILES string of the molecule is CN(C)CCc1noc(C2(O)CCNC2)n1. The van der Waals surface area contributed by atoms with Gasteiger partial charge in [-0.3, -0.25) is 0 Å². The first-order valence-corrected chi connectivity index (χ1v) is 5.51. The van der Waals surface area contributed by atoms with Crippen LogP contribution in [0.2, 0.25) is 0 Å². The van der Waals surface area contributed by atoms with E-state index >= 15 is 0 Å². The van der Waals surface area contributed by atoms with E-state index in [-0.39, 0.29) is 0 Å². The van der Waals surface area contributed by atoms with Gasteiger partial charge in [-0.15, -0.1) is 0 Å². The first kappa shape index (κ1) is 11.5. The summed E-state index contributed by atoms with van der Waals surface area (Å²) >= 11 is 0. The van der Waals surface area contributed by atoms with Crippen LogP contribution in [-0.4, -0.2) is 53.9 Å². The Morgan fingerprint density at radius 1 is 1.56 bits per heavy atom. The summed E-state index contributed by atoms with van der Waals surface area (Å²) in [5, 5.41) is 17.1. The van der Waals surface area contributed by atoms with Crippen LogP contribution >= 0.6 is 0 Å². The first-order valence-electron chi connectivity index (χ1n) is 5.51. The average molecular weight is 226 g/mol. The molecule has 1 aromatic heterocycles. The summed E-state index contributed by atoms with van der Waals surface area (Å²) in [7, 11) is 3.99. The number of hydrogen-bond acceptors (Lipinski definition) is 6. The van der Waals surface area contributed by atoms with Gasteiger partial charge in [0.25, 0.3) is 5.89 Å². The third kappa shape index (κ3) is 2.40. The number of aliphatic hydroxyl groups is 1. The molecule has 16 heavy (non-hydrogen) atoms. The Balaban J connectivity index is 2.01. The fourth-order valence-electron chi connectivity index (χ4n) is 1.73. The van der Waals surface area contributed by atoms with E-state index in [1.54, 1.807) is 0 Å². The van der Waals surface area contributed by atoms with Crippen LogP contribution < -0.4 is 5.32 Å². The van der Waals surface area contributed by atoms with Gasteiger partial charge >= 0.3 is 0 Å². The highest BCUT2D eigenvalue weighted by Gasteiger charge is 2.38. The Labute approximate surface area is 94.6 Å². The second-order valence-electron chi connectivity index (χ2n) is 4.53. The Kier molecular flexibility index (Phi) is 3.22. The van der Waals surface area contributed by atoms with Crippen molar-refractivity contribution < 1.29 is 9.63 Å². The maximum atomic E-state index is 10.2. The number of rotatable bonds is 4. The third-order valence-electron chi connectivity index (χ3n) is 2.78. The summed E-state index contributed by atoms with van der Waals surface area (Å²) in [6, 6.07) is 0. The van der Waals surface area contributed by atoms with Crippen molar-refractivity contribution in [1.29, 1.82) is 0 Å². The van der Waals surface area contributed by atoms with Gasteiger partial charge in [-0.05, 0) is 27.1 Å². The second-order valence-corrected chi connectivity index (χ2v) is 4.53. The molecular weight excluding hydrogens is 208 g/mol. The van der Waals surface area contributed by atoms with E-state index < -0.39 is 5.60 Å². The Morgan fingerprint density at radius 3 is 3.00 bits per heavy atom. The molecule has 1 saturated heterocycles. The van der Waals surface area contributed by atoms with Gasteiger partial charge in [-0.2, -0.15) is 4.98 Å². The van der Waals surface area contributed by atoms with Gasteiger partial charge in [0.1, 0.15) is 0 Å². The highest BCUT2D eigenvalue weighted by molar-refractivity contribution is 5.03. The fourth-order valence-corrected chi connectivity index (χ4v) is 1.73. The van der Waals surface area contributed by atoms with Crippen molar-refractivity contribution in [2.45, 2.75) is 18.4 Å². The molecule has 0 bridgehead atoms. The van der Waals surface area contributed by atoms with Crippen LogP contribution in [0.3, 0.4) is 0 Å². The summed E-state index contributed by atoms with van der Waals surface area (Å²) < 4.78 is 5.11. The normalized spacial score (nSPS) is 25.5. The molecule has 6 heteroatoms. The zero-order chi connectivity index (χ0) is 11.6. The average Bonchev–Trinajstić information content (AvgIpc) is 2.84. The summed E-state index contributed by atoms with van der Waals surface area (Å²) in [6.07, 6.45) is 1.36. The molecule has 0 amide bonds. The van der Waals surface area contributed by atoms with E-state index in [1.807, 2.05) is 14.1 Å². The standard InChI is InChI=1S/C10H18N4O2/c1-14(2)6-3-8-12-9(16-13-8)10(15)4-5-11-7-10/h11,15H,3-7H2,1-2H3. The predicted octanol–water partition coefficient (Wildman–Crippen LogP) is -0.645. The summed E-state index contributed by atoms with van der Waals surface area (Å²) in [5.41, 5.74) is -0.969. The van der Waals surface area contributed by atoms with Gasteiger partial charge in [0.15, 0.2) is 11.4 Å². The van der Waals surface area contributed by atoms with Crippen molar-refractivity contribution in [1.82, 2.24) is 20.4 Å². The molecule has 0 aromatic carbocycles. The van der Waals surface area contributed by atoms with Crippen molar-refractivity contribution in [3.8, 4) is 0 Å². The Bertz CT molecular complexity index is 344. The molecule has 2 N–H and O–H groups in total. The van der Waals surface area contributed by atoms with Gasteiger partial charge < -0.3 is 19.8 Å². The van der Waals surface area contributed by atoms with Crippen LogP contribution in [0.15, 0.2) is 4.52 Å². The van der Waals surface area contributed by atoms with E-state index in [4.69, 9.17) is 4.52 Å². The number of likely N-dealkylation sites (N-methyl/N-ethyl adjacent to an activating group) is 1. The highest BCUT2D eigenvalue weighted by atomic mass is 16.5. The van der Waals surface area contributed by atoms with Crippen LogP contribution in [0.25, 0.3) is 0 Å². The number of hydrogen-bond donors (Lipinski definition) is 2. The van der Waals surface area contributed by atoms with Crippen molar-refractivity contribution in [3.63, 3.8) is 0 Å². The van der Waals surface area contributed by atoms with Gasteiger partial charge in [0, 0.05) is 19.5 Å². The van der Waals surface area contributed by atoms with Gasteiger partial charge in [0.05, 0.1) is 0 Å². The van der Waals surface area contributed by atoms with Gasteiger partial charge in [-0.1, -0.05) is 5.16 Å². The smallest absolute Gasteiger partial charge is 0.259 e. The maximum absolute atomic E-state index is 10.2. The molecule has 1 atom stereocenters. The quantitative estimate of drug-likeness (QED) is 0.711. The molecule has 1 unspecified atom stereocenters. The summed E-state index contributed by atoms with van der Waals surface area (Å²) in [5.74, 6) is 0.996. The van der Waals surface area contributed by atoms with Crippen LogP contribution in [0.1, 0.15) is 18.1 Å². The largest absolute Gasteiger partial charge is 0.379 e. The monoisotopic (exact) mass is 226 g/mol. The molecule has 2 heterocycles. The van der Waals surface area contributed by atoms with E-state index in [0.717, 1.165) is 19.5 Å². The molecule has 0 saturated carbocycles. The third-order valence-corrected chi connectivity index (χ3v) is 2.78. The van der Waals surface area contributed by atoms with Crippen LogP contribution in [0, 0.1) is 0 Å². The lowest BCUT2D eigenvalue weighted by Crippen LogP contribution is -2.28. The van der Waals surface area contributed by atoms with Gasteiger partial charge in [-0.25, -0.2) is 0 Å². The van der Waals surface area contributed by atoms with Crippen molar-refractivity contribution >= 4 is 0 Å². The van der Waals surface area contributed by atoms with Crippen LogP contribution in [0.4, 0.5) is 0 Å². The fraction of sp³-hybridized carbons (Fsp3) is 0.800. The second kappa shape index (κ2) is 4.48. The predicted molar refractivity (Wildman–Crippen MR) is 57.9 cm³/mol. The van der Waals surface area contributed by atoms with E-state index in [0.29, 0.717) is 24.7 Å². The lowest BCUT2D eigenvalue weighted by atomic mass is 10.0. The highest BCUT2D eigenvalue weighted by Crippen LogP contribution is 2.25. The van der Waals surface area contributed by atoms with E-state index in [2.05, 4.69) is 20.4 Å². The zero-order valence-corrected chi connectivity index (χ0v) is 9.73. The molecule has 2 rings (SSSR count). The molecule has 90 valence electrons. The number of β-amino-alcohol motifs (C(OH)–C–C–N with tert-alkyl or cyclic N) is 1. The number of nitrogens with zero attached hydrogens (tertiary/aromatic N) is 3. The van der Waals surface area contributed by atoms with E-state index in [1.165, 1.54) is 0 Å². The summed E-state index contributed by atoms with van der Waals surface area (Å²) in [6.45, 7) is 2.14. The minimum atomic E-state index is -0.969. The number of nitrogens with one attached hydrogen (secondary N) is 1. The molecule has 0 spiro atoms. The first-order chi connectivity index (χ1) is 7.60.